The van der Waals surface area contributed by atoms with Gasteiger partial charge in [-0.15, -0.1) is 0 Å². The fraction of sp³-hybridized carbons (Fsp3) is 0.929. The van der Waals surface area contributed by atoms with E-state index in [-0.39, 0.29) is 24.4 Å². The van der Waals surface area contributed by atoms with Crippen molar-refractivity contribution in [2.24, 2.45) is 0 Å². The molecule has 0 fully saturated rings. The summed E-state index contributed by atoms with van der Waals surface area (Å²) in [5, 5.41) is 9.08. The zero-order chi connectivity index (χ0) is 12.3. The molecule has 0 rings (SSSR count). The summed E-state index contributed by atoms with van der Waals surface area (Å²) in [6.07, 6.45) is 12.9. The maximum atomic E-state index is 9.08. The van der Waals surface area contributed by atoms with Gasteiger partial charge in [0.05, 0.1) is 18.5 Å². The van der Waals surface area contributed by atoms with Crippen LogP contribution in [0.25, 0.3) is 0 Å². The molecule has 0 spiro atoms. The molecule has 0 aliphatic rings. The van der Waals surface area contributed by atoms with Crippen molar-refractivity contribution < 1.29 is 0 Å². The summed E-state index contributed by atoms with van der Waals surface area (Å²) < 4.78 is 0. The summed E-state index contributed by atoms with van der Waals surface area (Å²) in [7, 11) is -0.907. The van der Waals surface area contributed by atoms with Gasteiger partial charge in [0.1, 0.15) is 12.2 Å². The molecule has 0 aliphatic carbocycles. The minimum Gasteiger partial charge on any atom is -0.194 e. The quantitative estimate of drug-likeness (QED) is 0.412. The van der Waals surface area contributed by atoms with Crippen LogP contribution >= 0.6 is 7.26 Å². The third kappa shape index (κ3) is 9.33. The Kier molecular flexibility index (Phi) is 15.6. The molecule has 0 saturated carbocycles. The number of rotatable bonds is 10. The van der Waals surface area contributed by atoms with E-state index in [1.165, 1.54) is 57.0 Å². The molecule has 0 aromatic rings. The van der Waals surface area contributed by atoms with Crippen molar-refractivity contribution in [3.05, 3.63) is 0 Å². The van der Waals surface area contributed by atoms with Crippen molar-refractivity contribution >= 4 is 31.7 Å². The van der Waals surface area contributed by atoms with Gasteiger partial charge in [0.25, 0.3) is 0 Å². The average Bonchev–Trinajstić information content (AvgIpc) is 2.31. The Hall–Kier alpha value is 0.738. The molecule has 0 aromatic heterocycles. The molecule has 3 heteroatoms. The predicted molar refractivity (Wildman–Crippen MR) is 82.5 cm³/mol. The minimum atomic E-state index is -0.907. The molecule has 0 aromatic carbocycles. The summed E-state index contributed by atoms with van der Waals surface area (Å²) in [6.45, 7) is 6.79. The molecule has 0 saturated heterocycles. The van der Waals surface area contributed by atoms with Gasteiger partial charge in [-0.05, 0) is 19.3 Å². The van der Waals surface area contributed by atoms with Crippen molar-refractivity contribution in [3.63, 3.8) is 0 Å². The van der Waals surface area contributed by atoms with Gasteiger partial charge in [-0.25, -0.2) is 0 Å². The SMILES string of the molecule is CCCC[P+](CC#N)(CCCC)CCCC.[Sb+3]. The summed E-state index contributed by atoms with van der Waals surface area (Å²) >= 11 is 0. The van der Waals surface area contributed by atoms with E-state index >= 15 is 0 Å². The second-order valence-electron chi connectivity index (χ2n) is 4.89. The van der Waals surface area contributed by atoms with Crippen molar-refractivity contribution in [1.82, 2.24) is 0 Å². The number of nitriles is 1. The topological polar surface area (TPSA) is 23.8 Å². The van der Waals surface area contributed by atoms with Gasteiger partial charge in [-0.3, -0.25) is 0 Å². The fourth-order valence-electron chi connectivity index (χ4n) is 2.20. The van der Waals surface area contributed by atoms with Gasteiger partial charge in [0.15, 0.2) is 0 Å². The summed E-state index contributed by atoms with van der Waals surface area (Å²) in [5.41, 5.74) is 0. The smallest absolute Gasteiger partial charge is 0.194 e. The van der Waals surface area contributed by atoms with E-state index in [2.05, 4.69) is 26.8 Å². The van der Waals surface area contributed by atoms with E-state index in [1.54, 1.807) is 0 Å². The first-order valence-corrected chi connectivity index (χ1v) is 9.49. The van der Waals surface area contributed by atoms with Gasteiger partial charge in [0, 0.05) is 7.26 Å². The Morgan fingerprint density at radius 1 is 0.824 bits per heavy atom. The maximum absolute atomic E-state index is 9.08. The van der Waals surface area contributed by atoms with E-state index < -0.39 is 7.26 Å². The molecule has 0 atom stereocenters. The molecule has 0 aliphatic heterocycles. The second-order valence-corrected chi connectivity index (χ2v) is 9.23. The molecule has 0 heterocycles. The normalized spacial score (nSPS) is 10.7. The monoisotopic (exact) mass is 363 g/mol. The van der Waals surface area contributed by atoms with Crippen LogP contribution in [-0.4, -0.2) is 49.1 Å². The molecule has 0 unspecified atom stereocenters. The van der Waals surface area contributed by atoms with Crippen LogP contribution in [0.3, 0.4) is 0 Å². The molecule has 0 bridgehead atoms. The Morgan fingerprint density at radius 2 is 1.18 bits per heavy atom. The molecule has 17 heavy (non-hydrogen) atoms. The first-order chi connectivity index (χ1) is 7.74. The van der Waals surface area contributed by atoms with E-state index in [0.29, 0.717) is 0 Å². The first kappa shape index (κ1) is 20.1. The minimum absolute atomic E-state index is 0. The van der Waals surface area contributed by atoms with Gasteiger partial charge < -0.3 is 0 Å². The molecule has 2 radical (unpaired) electrons. The number of hydrogen-bond donors (Lipinski definition) is 0. The van der Waals surface area contributed by atoms with Crippen LogP contribution in [0.1, 0.15) is 59.3 Å². The van der Waals surface area contributed by atoms with Crippen LogP contribution in [-0.2, 0) is 0 Å². The van der Waals surface area contributed by atoms with Crippen LogP contribution in [0.2, 0.25) is 0 Å². The molecule has 0 amide bonds. The molecule has 0 N–H and O–H groups in total. The van der Waals surface area contributed by atoms with Gasteiger partial charge >= 0.3 is 24.4 Å². The van der Waals surface area contributed by atoms with Crippen LogP contribution in [0, 0.1) is 11.3 Å². The third-order valence-corrected chi connectivity index (χ3v) is 7.97. The van der Waals surface area contributed by atoms with E-state index in [9.17, 15) is 0 Å². The Bertz CT molecular complexity index is 179. The molecular formula is C14H29NPSb+4. The largest absolute Gasteiger partial charge is 3.00 e. The Balaban J connectivity index is 0. The number of nitrogens with zero attached hydrogens (tertiary/aromatic N) is 1. The van der Waals surface area contributed by atoms with Crippen LogP contribution in [0.4, 0.5) is 0 Å². The second kappa shape index (κ2) is 13.2. The van der Waals surface area contributed by atoms with E-state index in [1.807, 2.05) is 0 Å². The molecular weight excluding hydrogens is 335 g/mol. The first-order valence-electron chi connectivity index (χ1n) is 6.96. The van der Waals surface area contributed by atoms with E-state index in [0.717, 1.165) is 6.16 Å². The van der Waals surface area contributed by atoms with Gasteiger partial charge in [-0.2, -0.15) is 5.26 Å². The summed E-state index contributed by atoms with van der Waals surface area (Å²) in [5.74, 6) is 0. The van der Waals surface area contributed by atoms with Crippen LogP contribution in [0.15, 0.2) is 0 Å². The molecule has 1 nitrogen and oxygen atoms in total. The summed E-state index contributed by atoms with van der Waals surface area (Å²) in [6, 6.07) is 2.48. The molecule has 96 valence electrons. The van der Waals surface area contributed by atoms with Crippen molar-refractivity contribution in [2.45, 2.75) is 59.3 Å². The zero-order valence-electron chi connectivity index (χ0n) is 11.9. The van der Waals surface area contributed by atoms with Crippen molar-refractivity contribution in [2.75, 3.05) is 24.6 Å². The van der Waals surface area contributed by atoms with Crippen molar-refractivity contribution in [3.8, 4) is 6.07 Å². The van der Waals surface area contributed by atoms with Crippen LogP contribution < -0.4 is 0 Å². The fourth-order valence-corrected chi connectivity index (χ4v) is 6.61. The van der Waals surface area contributed by atoms with Crippen molar-refractivity contribution in [1.29, 1.82) is 5.26 Å². The van der Waals surface area contributed by atoms with E-state index in [4.69, 9.17) is 5.26 Å². The van der Waals surface area contributed by atoms with Crippen LogP contribution in [0.5, 0.6) is 0 Å². The Morgan fingerprint density at radius 3 is 1.41 bits per heavy atom. The standard InChI is InChI=1S/C14H29NP.Sb/c1-4-7-11-16(14-10-15,12-8-5-2)13-9-6-3;/h4-9,11-14H2,1-3H3;/q+1;+3. The number of hydrogen-bond acceptors (Lipinski definition) is 1. The average molecular weight is 364 g/mol. The third-order valence-electron chi connectivity index (χ3n) is 3.36. The van der Waals surface area contributed by atoms with Gasteiger partial charge in [0.2, 0.25) is 0 Å². The zero-order valence-corrected chi connectivity index (χ0v) is 15.4. The van der Waals surface area contributed by atoms with Gasteiger partial charge in [-0.1, -0.05) is 40.0 Å². The Labute approximate surface area is 127 Å². The number of unbranched alkanes of at least 4 members (excludes halogenated alkanes) is 3. The maximum Gasteiger partial charge on any atom is 3.00 e. The predicted octanol–water partition coefficient (Wildman–Crippen LogP) is 4.55. The summed E-state index contributed by atoms with van der Waals surface area (Å²) in [4.78, 5) is 0.